The van der Waals surface area contributed by atoms with Crippen LogP contribution in [0.15, 0.2) is 27.5 Å². The molecule has 2 rings (SSSR count). The number of aryl methyl sites for hydroxylation is 3. The molecule has 7 heteroatoms. The zero-order valence-corrected chi connectivity index (χ0v) is 11.0. The summed E-state index contributed by atoms with van der Waals surface area (Å²) in [5, 5.41) is 11.6. The van der Waals surface area contributed by atoms with E-state index in [1.807, 2.05) is 13.8 Å². The van der Waals surface area contributed by atoms with Gasteiger partial charge >= 0.3 is 0 Å². The molecule has 0 atom stereocenters. The molecule has 92 valence electrons. The van der Waals surface area contributed by atoms with Crippen molar-refractivity contribution in [2.75, 3.05) is 0 Å². The van der Waals surface area contributed by atoms with Crippen molar-refractivity contribution >= 4 is 28.0 Å². The Kier molecular flexibility index (Phi) is 3.52. The zero-order chi connectivity index (χ0) is 13.1. The normalized spacial score (nSPS) is 11.1. The van der Waals surface area contributed by atoms with E-state index in [0.29, 0.717) is 22.3 Å². The first-order valence-corrected chi connectivity index (χ1v) is 6.04. The number of azo groups is 1. The zero-order valence-electron chi connectivity index (χ0n) is 10.2. The molecule has 0 amide bonds. The van der Waals surface area contributed by atoms with E-state index in [-0.39, 0.29) is 0 Å². The SMILES string of the molecule is Cc1nsc(/N=N/c2cc(C)c(N=O)c(C)c2)n1. The van der Waals surface area contributed by atoms with Crippen LogP contribution in [-0.2, 0) is 0 Å². The summed E-state index contributed by atoms with van der Waals surface area (Å²) in [6, 6.07) is 3.53. The molecule has 18 heavy (non-hydrogen) atoms. The predicted octanol–water partition coefficient (Wildman–Crippen LogP) is 4.28. The minimum atomic E-state index is 0.459. The Hall–Kier alpha value is -2.02. The van der Waals surface area contributed by atoms with Crippen LogP contribution < -0.4 is 0 Å². The summed E-state index contributed by atoms with van der Waals surface area (Å²) < 4.78 is 4.01. The minimum Gasteiger partial charge on any atom is -0.201 e. The molecule has 1 aromatic heterocycles. The first-order chi connectivity index (χ1) is 8.60. The van der Waals surface area contributed by atoms with Crippen molar-refractivity contribution < 1.29 is 0 Å². The van der Waals surface area contributed by atoms with Gasteiger partial charge in [0, 0.05) is 11.5 Å². The molecule has 0 N–H and O–H groups in total. The maximum atomic E-state index is 10.6. The fourth-order valence-corrected chi connectivity index (χ4v) is 2.07. The second-order valence-corrected chi connectivity index (χ2v) is 4.57. The first-order valence-electron chi connectivity index (χ1n) is 5.27. The quantitative estimate of drug-likeness (QED) is 0.611. The van der Waals surface area contributed by atoms with Gasteiger partial charge in [-0.15, -0.1) is 15.1 Å². The van der Waals surface area contributed by atoms with E-state index in [1.165, 1.54) is 11.5 Å². The van der Waals surface area contributed by atoms with E-state index in [9.17, 15) is 4.91 Å². The van der Waals surface area contributed by atoms with Crippen LogP contribution in [-0.4, -0.2) is 9.36 Å². The van der Waals surface area contributed by atoms with Gasteiger partial charge in [-0.05, 0) is 49.2 Å². The number of hydrogen-bond acceptors (Lipinski definition) is 7. The van der Waals surface area contributed by atoms with Crippen molar-refractivity contribution in [3.8, 4) is 0 Å². The Bertz CT molecular complexity index is 597. The highest BCUT2D eigenvalue weighted by Gasteiger charge is 2.05. The topological polar surface area (TPSA) is 79.9 Å². The third-order valence-corrected chi connectivity index (χ3v) is 3.03. The van der Waals surface area contributed by atoms with Gasteiger partial charge in [-0.25, -0.2) is 4.98 Å². The van der Waals surface area contributed by atoms with Crippen LogP contribution in [0.2, 0.25) is 0 Å². The molecule has 1 heterocycles. The largest absolute Gasteiger partial charge is 0.249 e. The summed E-state index contributed by atoms with van der Waals surface area (Å²) in [7, 11) is 0. The molecule has 2 aromatic rings. The lowest BCUT2D eigenvalue weighted by Gasteiger charge is -2.02. The lowest BCUT2D eigenvalue weighted by atomic mass is 10.1. The summed E-state index contributed by atoms with van der Waals surface area (Å²) in [6.45, 7) is 5.43. The lowest BCUT2D eigenvalue weighted by Crippen LogP contribution is -1.79. The van der Waals surface area contributed by atoms with Crippen LogP contribution in [0.1, 0.15) is 17.0 Å². The summed E-state index contributed by atoms with van der Waals surface area (Å²) in [5.74, 6) is 0.682. The summed E-state index contributed by atoms with van der Waals surface area (Å²) in [5.41, 5.74) is 2.70. The molecule has 0 saturated heterocycles. The second kappa shape index (κ2) is 5.09. The van der Waals surface area contributed by atoms with Gasteiger partial charge in [0.15, 0.2) is 0 Å². The van der Waals surface area contributed by atoms with Crippen LogP contribution >= 0.6 is 11.5 Å². The number of aromatic nitrogens is 2. The van der Waals surface area contributed by atoms with Crippen molar-refractivity contribution in [3.63, 3.8) is 0 Å². The van der Waals surface area contributed by atoms with Gasteiger partial charge in [0.2, 0.25) is 5.13 Å². The van der Waals surface area contributed by atoms with E-state index in [0.717, 1.165) is 11.1 Å². The number of nitroso groups, excluding NO2 is 1. The number of rotatable bonds is 3. The van der Waals surface area contributed by atoms with E-state index >= 15 is 0 Å². The van der Waals surface area contributed by atoms with Gasteiger partial charge < -0.3 is 0 Å². The smallest absolute Gasteiger partial charge is 0.201 e. The molecule has 6 nitrogen and oxygen atoms in total. The molecule has 0 aliphatic rings. The highest BCUT2D eigenvalue weighted by atomic mass is 32.1. The van der Waals surface area contributed by atoms with Gasteiger partial charge in [-0.3, -0.25) is 0 Å². The van der Waals surface area contributed by atoms with E-state index < -0.39 is 0 Å². The van der Waals surface area contributed by atoms with Crippen molar-refractivity contribution in [3.05, 3.63) is 34.0 Å². The summed E-state index contributed by atoms with van der Waals surface area (Å²) in [6.07, 6.45) is 0. The van der Waals surface area contributed by atoms with E-state index in [1.54, 1.807) is 19.1 Å². The van der Waals surface area contributed by atoms with E-state index in [4.69, 9.17) is 0 Å². The van der Waals surface area contributed by atoms with Crippen LogP contribution in [0.4, 0.5) is 16.5 Å². The Morgan fingerprint density at radius 1 is 1.11 bits per heavy atom. The fraction of sp³-hybridized carbons (Fsp3) is 0.273. The molecule has 0 aliphatic heterocycles. The standard InChI is InChI=1S/C11H11N5OS/c1-6-4-9(5-7(2)10(6)15-17)13-14-11-12-8(3)16-18-11/h4-5H,1-3H3/b14-13+. The van der Waals surface area contributed by atoms with Crippen LogP contribution in [0, 0.1) is 25.7 Å². The van der Waals surface area contributed by atoms with Gasteiger partial charge in [0.05, 0.1) is 5.69 Å². The number of benzene rings is 1. The maximum absolute atomic E-state index is 10.6. The Balaban J connectivity index is 2.30. The Morgan fingerprint density at radius 2 is 1.78 bits per heavy atom. The van der Waals surface area contributed by atoms with Crippen molar-refractivity contribution in [2.24, 2.45) is 15.4 Å². The third kappa shape index (κ3) is 2.62. The fourth-order valence-electron chi connectivity index (χ4n) is 1.56. The third-order valence-electron chi connectivity index (χ3n) is 2.33. The van der Waals surface area contributed by atoms with Crippen LogP contribution in [0.3, 0.4) is 0 Å². The molecule has 0 aliphatic carbocycles. The van der Waals surface area contributed by atoms with Gasteiger partial charge in [0.25, 0.3) is 0 Å². The molecule has 0 spiro atoms. The van der Waals surface area contributed by atoms with Gasteiger partial charge in [-0.1, -0.05) is 0 Å². The number of hydrogen-bond donors (Lipinski definition) is 0. The highest BCUT2D eigenvalue weighted by Crippen LogP contribution is 2.29. The predicted molar refractivity (Wildman–Crippen MR) is 70.2 cm³/mol. The maximum Gasteiger partial charge on any atom is 0.249 e. The summed E-state index contributed by atoms with van der Waals surface area (Å²) >= 11 is 1.19. The highest BCUT2D eigenvalue weighted by molar-refractivity contribution is 7.09. The van der Waals surface area contributed by atoms with E-state index in [2.05, 4.69) is 24.8 Å². The lowest BCUT2D eigenvalue weighted by molar-refractivity contribution is 1.12. The molecule has 0 fully saturated rings. The van der Waals surface area contributed by atoms with Gasteiger partial charge in [-0.2, -0.15) is 4.37 Å². The Labute approximate surface area is 108 Å². The van der Waals surface area contributed by atoms with Crippen LogP contribution in [0.25, 0.3) is 0 Å². The van der Waals surface area contributed by atoms with Crippen LogP contribution in [0.5, 0.6) is 0 Å². The molecule has 0 unspecified atom stereocenters. The second-order valence-electron chi connectivity index (χ2n) is 3.84. The molecule has 0 radical (unpaired) electrons. The molecule has 1 aromatic carbocycles. The molecule has 0 saturated carbocycles. The average molecular weight is 261 g/mol. The monoisotopic (exact) mass is 261 g/mol. The first kappa shape index (κ1) is 12.4. The van der Waals surface area contributed by atoms with Crippen molar-refractivity contribution in [1.29, 1.82) is 0 Å². The molecule has 0 bridgehead atoms. The molecular formula is C11H11N5OS. The number of nitrogens with zero attached hydrogens (tertiary/aromatic N) is 5. The Morgan fingerprint density at radius 3 is 2.28 bits per heavy atom. The van der Waals surface area contributed by atoms with Crippen molar-refractivity contribution in [1.82, 2.24) is 9.36 Å². The molecular weight excluding hydrogens is 250 g/mol. The average Bonchev–Trinajstić information content (AvgIpc) is 2.72. The summed E-state index contributed by atoms with van der Waals surface area (Å²) in [4.78, 5) is 14.7. The minimum absolute atomic E-state index is 0.459. The van der Waals surface area contributed by atoms with Gasteiger partial charge in [0.1, 0.15) is 11.5 Å². The van der Waals surface area contributed by atoms with Crippen molar-refractivity contribution in [2.45, 2.75) is 20.8 Å².